The van der Waals surface area contributed by atoms with E-state index in [-0.39, 0.29) is 17.6 Å². The third-order valence-corrected chi connectivity index (χ3v) is 9.34. The second-order valence-corrected chi connectivity index (χ2v) is 11.0. The molecule has 0 aromatic rings. The average molecular weight is 372 g/mol. The van der Waals surface area contributed by atoms with Gasteiger partial charge in [-0.05, 0) is 92.3 Å². The van der Waals surface area contributed by atoms with E-state index >= 15 is 0 Å². The van der Waals surface area contributed by atoms with E-state index in [4.69, 9.17) is 4.52 Å². The van der Waals surface area contributed by atoms with Gasteiger partial charge in [-0.3, -0.25) is 4.52 Å². The summed E-state index contributed by atoms with van der Waals surface area (Å²) in [5.41, 5.74) is 0.241. The minimum absolute atomic E-state index is 0.0976. The fourth-order valence-corrected chi connectivity index (χ4v) is 8.20. The van der Waals surface area contributed by atoms with Gasteiger partial charge in [0.25, 0.3) is 0 Å². The van der Waals surface area contributed by atoms with Gasteiger partial charge in [-0.15, -0.1) is 0 Å². The van der Waals surface area contributed by atoms with Gasteiger partial charge in [0.15, 0.2) is 0 Å². The molecule has 144 valence electrons. The first-order valence-corrected chi connectivity index (χ1v) is 11.6. The summed E-state index contributed by atoms with van der Waals surface area (Å²) in [7, 11) is -4.43. The third kappa shape index (κ3) is 2.95. The fraction of sp³-hybridized carbons (Fsp3) is 1.00. The molecule has 5 nitrogen and oxygen atoms in total. The highest BCUT2D eigenvalue weighted by atomic mass is 31.2. The van der Waals surface area contributed by atoms with Crippen molar-refractivity contribution in [3.63, 3.8) is 0 Å². The Bertz CT molecular complexity index is 576. The summed E-state index contributed by atoms with van der Waals surface area (Å²) in [5, 5.41) is 10.1. The second-order valence-electron chi connectivity index (χ2n) is 9.79. The molecule has 0 heterocycles. The van der Waals surface area contributed by atoms with Gasteiger partial charge >= 0.3 is 7.82 Å². The van der Waals surface area contributed by atoms with Gasteiger partial charge in [-0.1, -0.05) is 13.8 Å². The van der Waals surface area contributed by atoms with Crippen LogP contribution < -0.4 is 0 Å². The maximum Gasteiger partial charge on any atom is 0.469 e. The van der Waals surface area contributed by atoms with Gasteiger partial charge in [0.05, 0.1) is 12.2 Å². The normalized spacial score (nSPS) is 53.0. The predicted molar refractivity (Wildman–Crippen MR) is 94.7 cm³/mol. The fourth-order valence-electron chi connectivity index (χ4n) is 7.53. The summed E-state index contributed by atoms with van der Waals surface area (Å²) >= 11 is 0. The molecule has 6 heteroatoms. The number of fused-ring (bicyclic) bond motifs is 5. The Labute approximate surface area is 150 Å². The van der Waals surface area contributed by atoms with E-state index in [1.165, 1.54) is 12.8 Å². The quantitative estimate of drug-likeness (QED) is 0.641. The van der Waals surface area contributed by atoms with Gasteiger partial charge in [0, 0.05) is 0 Å². The smallest absolute Gasteiger partial charge is 0.393 e. The van der Waals surface area contributed by atoms with Crippen molar-refractivity contribution in [2.24, 2.45) is 34.5 Å². The number of aliphatic hydroxyl groups excluding tert-OH is 1. The molecule has 0 radical (unpaired) electrons. The molecule has 0 aromatic heterocycles. The van der Waals surface area contributed by atoms with Crippen LogP contribution in [0.5, 0.6) is 0 Å². The Morgan fingerprint density at radius 1 is 0.920 bits per heavy atom. The number of hydrogen-bond acceptors (Lipinski definition) is 3. The maximum atomic E-state index is 11.4. The van der Waals surface area contributed by atoms with Gasteiger partial charge < -0.3 is 14.9 Å². The maximum absolute atomic E-state index is 11.4. The van der Waals surface area contributed by atoms with E-state index in [1.807, 2.05) is 0 Å². The molecule has 4 saturated carbocycles. The van der Waals surface area contributed by atoms with Crippen LogP contribution in [0.1, 0.15) is 71.6 Å². The minimum atomic E-state index is -4.43. The molecular formula is C19H33O5P. The highest BCUT2D eigenvalue weighted by Gasteiger charge is 2.61. The molecule has 8 atom stereocenters. The first kappa shape index (κ1) is 18.4. The molecule has 0 aliphatic heterocycles. The molecule has 4 aliphatic rings. The lowest BCUT2D eigenvalue weighted by atomic mass is 9.45. The van der Waals surface area contributed by atoms with Crippen LogP contribution in [0.4, 0.5) is 0 Å². The van der Waals surface area contributed by atoms with E-state index in [0.29, 0.717) is 29.1 Å². The monoisotopic (exact) mass is 372 g/mol. The van der Waals surface area contributed by atoms with Crippen LogP contribution in [0.3, 0.4) is 0 Å². The topological polar surface area (TPSA) is 87.0 Å². The van der Waals surface area contributed by atoms with Crippen LogP contribution in [0.15, 0.2) is 0 Å². The van der Waals surface area contributed by atoms with Crippen molar-refractivity contribution < 1.29 is 24.0 Å². The highest BCUT2D eigenvalue weighted by Crippen LogP contribution is 2.67. The lowest BCUT2D eigenvalue weighted by molar-refractivity contribution is -0.132. The number of hydrogen-bond donors (Lipinski definition) is 3. The lowest BCUT2D eigenvalue weighted by Crippen LogP contribution is -2.54. The van der Waals surface area contributed by atoms with Crippen LogP contribution in [0, 0.1) is 34.5 Å². The molecule has 3 N–H and O–H groups in total. The van der Waals surface area contributed by atoms with Crippen LogP contribution >= 0.6 is 7.82 Å². The summed E-state index contributed by atoms with van der Waals surface area (Å²) in [6, 6.07) is 0. The molecule has 0 amide bonds. The van der Waals surface area contributed by atoms with Crippen LogP contribution in [0.2, 0.25) is 0 Å². The van der Waals surface area contributed by atoms with Crippen LogP contribution in [-0.4, -0.2) is 27.1 Å². The molecule has 0 saturated heterocycles. The van der Waals surface area contributed by atoms with Crippen molar-refractivity contribution in [1.29, 1.82) is 0 Å². The molecular weight excluding hydrogens is 339 g/mol. The van der Waals surface area contributed by atoms with E-state index in [1.54, 1.807) is 0 Å². The minimum Gasteiger partial charge on any atom is -0.393 e. The summed E-state index contributed by atoms with van der Waals surface area (Å²) < 4.78 is 16.6. The first-order valence-electron chi connectivity index (χ1n) is 10.1. The van der Waals surface area contributed by atoms with Crippen molar-refractivity contribution in [2.45, 2.75) is 83.8 Å². The zero-order chi connectivity index (χ0) is 18.0. The first-order chi connectivity index (χ1) is 11.6. The molecule has 0 bridgehead atoms. The number of phosphoric acid groups is 1. The van der Waals surface area contributed by atoms with Crippen molar-refractivity contribution in [1.82, 2.24) is 0 Å². The van der Waals surface area contributed by atoms with Crippen LogP contribution in [-0.2, 0) is 9.09 Å². The van der Waals surface area contributed by atoms with E-state index < -0.39 is 7.82 Å². The standard InChI is InChI=1S/C19H33O5P/c1-18-9-7-13(20)11-12(18)3-4-14-15-5-6-17(24-25(21,22)23)19(15,2)10-8-16(14)18/h12-17,20H,3-11H2,1-2H3,(H2,21,22,23)/t12-,13-,14-,15+,16-,17-,18-,19-/m0/s1. The number of aliphatic hydroxyl groups is 1. The number of phosphoric ester groups is 1. The molecule has 4 fully saturated rings. The SMILES string of the molecule is C[C@]12CC[C@H](O)C[C@@H]1CC[C@H]1[C@H]3CC[C@H](OP(=O)(O)O)[C@@]3(C)CC[C@@H]12. The van der Waals surface area contributed by atoms with Crippen LogP contribution in [0.25, 0.3) is 0 Å². The molecule has 4 rings (SSSR count). The Hall–Kier alpha value is 0.0700. The van der Waals surface area contributed by atoms with E-state index in [2.05, 4.69) is 13.8 Å². The Balaban J connectivity index is 1.57. The van der Waals surface area contributed by atoms with Crippen molar-refractivity contribution in [2.75, 3.05) is 0 Å². The van der Waals surface area contributed by atoms with Gasteiger partial charge in [-0.2, -0.15) is 0 Å². The highest BCUT2D eigenvalue weighted by molar-refractivity contribution is 7.46. The van der Waals surface area contributed by atoms with E-state index in [0.717, 1.165) is 44.9 Å². The Kier molecular flexibility index (Phi) is 4.45. The number of rotatable bonds is 2. The Morgan fingerprint density at radius 3 is 2.32 bits per heavy atom. The molecule has 0 aromatic carbocycles. The zero-order valence-electron chi connectivity index (χ0n) is 15.4. The summed E-state index contributed by atoms with van der Waals surface area (Å²) in [6.07, 6.45) is 8.97. The molecule has 0 spiro atoms. The molecule has 4 aliphatic carbocycles. The van der Waals surface area contributed by atoms with Gasteiger partial charge in [0.2, 0.25) is 0 Å². The summed E-state index contributed by atoms with van der Waals surface area (Å²) in [4.78, 5) is 18.6. The summed E-state index contributed by atoms with van der Waals surface area (Å²) in [5.74, 6) is 2.52. The van der Waals surface area contributed by atoms with Crippen molar-refractivity contribution in [3.8, 4) is 0 Å². The molecule has 0 unspecified atom stereocenters. The Morgan fingerprint density at radius 2 is 1.60 bits per heavy atom. The van der Waals surface area contributed by atoms with Crippen molar-refractivity contribution >= 4 is 7.82 Å². The van der Waals surface area contributed by atoms with Gasteiger partial charge in [0.1, 0.15) is 0 Å². The largest absolute Gasteiger partial charge is 0.469 e. The molecule has 25 heavy (non-hydrogen) atoms. The second kappa shape index (κ2) is 6.04. The zero-order valence-corrected chi connectivity index (χ0v) is 16.3. The summed E-state index contributed by atoms with van der Waals surface area (Å²) in [6.45, 7) is 4.67. The van der Waals surface area contributed by atoms with E-state index in [9.17, 15) is 19.5 Å². The predicted octanol–water partition coefficient (Wildman–Crippen LogP) is 3.87. The van der Waals surface area contributed by atoms with Gasteiger partial charge in [-0.25, -0.2) is 4.57 Å². The third-order valence-electron chi connectivity index (χ3n) is 8.82. The van der Waals surface area contributed by atoms with Crippen molar-refractivity contribution in [3.05, 3.63) is 0 Å². The lowest BCUT2D eigenvalue weighted by Gasteiger charge is -2.60. The average Bonchev–Trinajstić information content (AvgIpc) is 2.83.